The third-order valence-electron chi connectivity index (χ3n) is 5.40. The molecular weight excluding hydrogens is 374 g/mol. The van der Waals surface area contributed by atoms with Crippen molar-refractivity contribution in [3.05, 3.63) is 69.6 Å². The number of amides is 1. The second kappa shape index (κ2) is 9.89. The van der Waals surface area contributed by atoms with Crippen molar-refractivity contribution in [2.45, 2.75) is 25.8 Å². The standard InChI is InChI=1S/C22H28ClN3O2/c1-24(22(28)17-26-13-3-2-6-21(26)27)15-19-5-4-12-25(16-19)14-11-18-7-9-20(23)10-8-18/h2-3,6-10,13,19H,4-5,11-12,14-17H2,1H3/t19-/m0/s1. The van der Waals surface area contributed by atoms with Crippen LogP contribution in [0, 0.1) is 5.92 Å². The average Bonchev–Trinajstić information content (AvgIpc) is 2.69. The molecule has 1 saturated heterocycles. The van der Waals surface area contributed by atoms with Gasteiger partial charge in [-0.3, -0.25) is 9.59 Å². The summed E-state index contributed by atoms with van der Waals surface area (Å²) in [6, 6.07) is 13.0. The number of piperidine rings is 1. The summed E-state index contributed by atoms with van der Waals surface area (Å²) >= 11 is 5.95. The molecule has 0 aliphatic carbocycles. The zero-order valence-corrected chi connectivity index (χ0v) is 17.1. The molecule has 0 saturated carbocycles. The Hall–Kier alpha value is -2.11. The van der Waals surface area contributed by atoms with Crippen molar-refractivity contribution >= 4 is 17.5 Å². The summed E-state index contributed by atoms with van der Waals surface area (Å²) in [5.74, 6) is 0.451. The van der Waals surface area contributed by atoms with Crippen LogP contribution in [0.15, 0.2) is 53.5 Å². The number of pyridine rings is 1. The highest BCUT2D eigenvalue weighted by Crippen LogP contribution is 2.18. The number of carbonyl (C=O) groups is 1. The van der Waals surface area contributed by atoms with E-state index in [0.717, 1.165) is 50.5 Å². The molecule has 1 atom stereocenters. The van der Waals surface area contributed by atoms with E-state index in [1.54, 1.807) is 23.2 Å². The number of rotatable bonds is 7. The molecular formula is C22H28ClN3O2. The molecule has 1 aliphatic heterocycles. The first kappa shape index (κ1) is 20.6. The molecule has 150 valence electrons. The molecule has 1 amide bonds. The second-order valence-corrected chi connectivity index (χ2v) is 8.06. The van der Waals surface area contributed by atoms with Gasteiger partial charge in [-0.1, -0.05) is 29.8 Å². The van der Waals surface area contributed by atoms with Crippen LogP contribution >= 0.6 is 11.6 Å². The summed E-state index contributed by atoms with van der Waals surface area (Å²) < 4.78 is 1.46. The molecule has 0 unspecified atom stereocenters. The van der Waals surface area contributed by atoms with Gasteiger partial charge in [-0.05, 0) is 55.5 Å². The van der Waals surface area contributed by atoms with Crippen molar-refractivity contribution in [1.82, 2.24) is 14.4 Å². The molecule has 1 aromatic carbocycles. The minimum Gasteiger partial charge on any atom is -0.344 e. The highest BCUT2D eigenvalue weighted by Gasteiger charge is 2.22. The fourth-order valence-corrected chi connectivity index (χ4v) is 3.91. The van der Waals surface area contributed by atoms with Crippen LogP contribution < -0.4 is 5.56 Å². The third kappa shape index (κ3) is 5.94. The van der Waals surface area contributed by atoms with E-state index in [1.165, 1.54) is 16.2 Å². The number of hydrogen-bond acceptors (Lipinski definition) is 3. The SMILES string of the molecule is CN(C[C@@H]1CCCN(CCc2ccc(Cl)cc2)C1)C(=O)Cn1ccccc1=O. The maximum atomic E-state index is 12.5. The molecule has 1 fully saturated rings. The molecule has 1 aromatic heterocycles. The second-order valence-electron chi connectivity index (χ2n) is 7.63. The van der Waals surface area contributed by atoms with E-state index in [9.17, 15) is 9.59 Å². The monoisotopic (exact) mass is 401 g/mol. The Bertz CT molecular complexity index is 834. The number of aromatic nitrogens is 1. The van der Waals surface area contributed by atoms with Crippen molar-refractivity contribution < 1.29 is 4.79 Å². The summed E-state index contributed by atoms with van der Waals surface area (Å²) in [6.07, 6.45) is 4.97. The van der Waals surface area contributed by atoms with Gasteiger partial charge < -0.3 is 14.4 Å². The predicted molar refractivity (Wildman–Crippen MR) is 113 cm³/mol. The zero-order chi connectivity index (χ0) is 19.9. The number of nitrogens with zero attached hydrogens (tertiary/aromatic N) is 3. The van der Waals surface area contributed by atoms with Crippen LogP contribution in [0.25, 0.3) is 0 Å². The van der Waals surface area contributed by atoms with Crippen LogP contribution in [0.4, 0.5) is 0 Å². The number of hydrogen-bond donors (Lipinski definition) is 0. The van der Waals surface area contributed by atoms with Gasteiger partial charge in [0.25, 0.3) is 5.56 Å². The molecule has 6 heteroatoms. The van der Waals surface area contributed by atoms with Crippen LogP contribution in [0.2, 0.25) is 5.02 Å². The predicted octanol–water partition coefficient (Wildman–Crippen LogP) is 2.91. The lowest BCUT2D eigenvalue weighted by Crippen LogP contribution is -2.43. The Morgan fingerprint density at radius 3 is 2.75 bits per heavy atom. The van der Waals surface area contributed by atoms with Crippen molar-refractivity contribution in [3.8, 4) is 0 Å². The minimum atomic E-state index is -0.143. The van der Waals surface area contributed by atoms with Gasteiger partial charge in [0, 0.05) is 44.0 Å². The van der Waals surface area contributed by atoms with Crippen LogP contribution in [-0.2, 0) is 17.8 Å². The number of benzene rings is 1. The summed E-state index contributed by atoms with van der Waals surface area (Å²) in [5.41, 5.74) is 1.16. The lowest BCUT2D eigenvalue weighted by molar-refractivity contribution is -0.131. The zero-order valence-electron chi connectivity index (χ0n) is 16.4. The fraction of sp³-hybridized carbons (Fsp3) is 0.455. The van der Waals surface area contributed by atoms with Gasteiger partial charge in [-0.25, -0.2) is 0 Å². The summed E-state index contributed by atoms with van der Waals surface area (Å²) in [6.45, 7) is 3.98. The van der Waals surface area contributed by atoms with Crippen LogP contribution in [-0.4, -0.2) is 53.5 Å². The molecule has 0 radical (unpaired) electrons. The Kier molecular flexibility index (Phi) is 7.29. The molecule has 3 rings (SSSR count). The molecule has 28 heavy (non-hydrogen) atoms. The van der Waals surface area contributed by atoms with Crippen molar-refractivity contribution in [2.24, 2.45) is 5.92 Å². The van der Waals surface area contributed by atoms with Gasteiger partial charge >= 0.3 is 0 Å². The molecule has 5 nitrogen and oxygen atoms in total. The Labute approximate surface area is 171 Å². The van der Waals surface area contributed by atoms with Gasteiger partial charge in [-0.15, -0.1) is 0 Å². The normalized spacial score (nSPS) is 17.4. The Morgan fingerprint density at radius 1 is 1.21 bits per heavy atom. The summed E-state index contributed by atoms with van der Waals surface area (Å²) in [4.78, 5) is 28.6. The van der Waals surface area contributed by atoms with E-state index in [-0.39, 0.29) is 18.0 Å². The van der Waals surface area contributed by atoms with E-state index in [4.69, 9.17) is 11.6 Å². The van der Waals surface area contributed by atoms with E-state index >= 15 is 0 Å². The number of likely N-dealkylation sites (N-methyl/N-ethyl adjacent to an activating group) is 1. The lowest BCUT2D eigenvalue weighted by atomic mass is 9.97. The number of halogens is 1. The summed E-state index contributed by atoms with van der Waals surface area (Å²) in [5, 5.41) is 0.771. The highest BCUT2D eigenvalue weighted by atomic mass is 35.5. The van der Waals surface area contributed by atoms with Crippen LogP contribution in [0.5, 0.6) is 0 Å². The maximum absolute atomic E-state index is 12.5. The smallest absolute Gasteiger partial charge is 0.250 e. The van der Waals surface area contributed by atoms with Gasteiger partial charge in [-0.2, -0.15) is 0 Å². The van der Waals surface area contributed by atoms with Crippen molar-refractivity contribution in [1.29, 1.82) is 0 Å². The molecule has 0 N–H and O–H groups in total. The molecule has 1 aliphatic rings. The fourth-order valence-electron chi connectivity index (χ4n) is 3.79. The van der Waals surface area contributed by atoms with Gasteiger partial charge in [0.2, 0.25) is 5.91 Å². The van der Waals surface area contributed by atoms with Gasteiger partial charge in [0.15, 0.2) is 0 Å². The van der Waals surface area contributed by atoms with Crippen molar-refractivity contribution in [2.75, 3.05) is 33.2 Å². The Balaban J connectivity index is 1.47. The van der Waals surface area contributed by atoms with Crippen LogP contribution in [0.3, 0.4) is 0 Å². The average molecular weight is 402 g/mol. The minimum absolute atomic E-state index is 0.0217. The first-order valence-electron chi connectivity index (χ1n) is 9.87. The maximum Gasteiger partial charge on any atom is 0.250 e. The van der Waals surface area contributed by atoms with Crippen LogP contribution in [0.1, 0.15) is 18.4 Å². The molecule has 0 bridgehead atoms. The lowest BCUT2D eigenvalue weighted by Gasteiger charge is -2.34. The van der Waals surface area contributed by atoms with E-state index in [2.05, 4.69) is 17.0 Å². The Morgan fingerprint density at radius 2 is 2.00 bits per heavy atom. The van der Waals surface area contributed by atoms with E-state index < -0.39 is 0 Å². The quantitative estimate of drug-likeness (QED) is 0.716. The number of likely N-dealkylation sites (tertiary alicyclic amines) is 1. The molecule has 0 spiro atoms. The van der Waals surface area contributed by atoms with Gasteiger partial charge in [0.1, 0.15) is 6.54 Å². The molecule has 2 aromatic rings. The van der Waals surface area contributed by atoms with E-state index in [1.807, 2.05) is 19.2 Å². The third-order valence-corrected chi connectivity index (χ3v) is 5.65. The number of carbonyl (C=O) groups excluding carboxylic acids is 1. The topological polar surface area (TPSA) is 45.5 Å². The highest BCUT2D eigenvalue weighted by molar-refractivity contribution is 6.30. The first-order valence-corrected chi connectivity index (χ1v) is 10.3. The van der Waals surface area contributed by atoms with E-state index in [0.29, 0.717) is 5.92 Å². The summed E-state index contributed by atoms with van der Waals surface area (Å²) in [7, 11) is 1.84. The molecule has 2 heterocycles. The van der Waals surface area contributed by atoms with Gasteiger partial charge in [0.05, 0.1) is 0 Å². The van der Waals surface area contributed by atoms with Crippen molar-refractivity contribution in [3.63, 3.8) is 0 Å². The largest absolute Gasteiger partial charge is 0.344 e. The first-order chi connectivity index (χ1) is 13.5.